The Hall–Kier alpha value is -1.07. The van der Waals surface area contributed by atoms with E-state index in [1.54, 1.807) is 0 Å². The van der Waals surface area contributed by atoms with E-state index in [-0.39, 0.29) is 12.5 Å². The minimum atomic E-state index is -0.514. The summed E-state index contributed by atoms with van der Waals surface area (Å²) >= 11 is 3.51. The van der Waals surface area contributed by atoms with Gasteiger partial charge in [-0.05, 0) is 30.5 Å². The molecule has 2 rings (SSSR count). The lowest BCUT2D eigenvalue weighted by Crippen LogP contribution is -2.47. The zero-order chi connectivity index (χ0) is 14.0. The predicted octanol–water partition coefficient (Wildman–Crippen LogP) is 1.69. The van der Waals surface area contributed by atoms with Crippen LogP contribution in [0.4, 0.5) is 5.69 Å². The average molecular weight is 327 g/mol. The van der Waals surface area contributed by atoms with Crippen LogP contribution in [0.1, 0.15) is 12.5 Å². The number of rotatable bonds is 2. The average Bonchev–Trinajstić information content (AvgIpc) is 2.52. The van der Waals surface area contributed by atoms with E-state index >= 15 is 0 Å². The number of carbonyl (C=O) groups excluding carboxylic acids is 1. The fourth-order valence-corrected chi connectivity index (χ4v) is 2.66. The van der Waals surface area contributed by atoms with Crippen LogP contribution in [0.15, 0.2) is 22.7 Å². The SMILES string of the molecule is Cc1ccc(N2CC(C)CNC(=O)C2CO)cc1Br. The fraction of sp³-hybridized carbons (Fsp3) is 0.500. The molecule has 0 spiro atoms. The van der Waals surface area contributed by atoms with E-state index < -0.39 is 6.04 Å². The summed E-state index contributed by atoms with van der Waals surface area (Å²) in [6, 6.07) is 5.50. The van der Waals surface area contributed by atoms with Gasteiger partial charge in [0.05, 0.1) is 6.61 Å². The molecule has 0 bridgehead atoms. The number of benzene rings is 1. The molecular weight excluding hydrogens is 308 g/mol. The molecule has 1 aromatic rings. The first-order chi connectivity index (χ1) is 9.02. The van der Waals surface area contributed by atoms with Gasteiger partial charge in [0.15, 0.2) is 0 Å². The standard InChI is InChI=1S/C14H19BrN2O2/c1-9-6-16-14(19)13(8-18)17(7-9)11-4-3-10(2)12(15)5-11/h3-5,9,13,18H,6-8H2,1-2H3,(H,16,19). The second-order valence-electron chi connectivity index (χ2n) is 5.13. The van der Waals surface area contributed by atoms with Crippen LogP contribution >= 0.6 is 15.9 Å². The highest BCUT2D eigenvalue weighted by Gasteiger charge is 2.30. The Bertz CT molecular complexity index is 479. The highest BCUT2D eigenvalue weighted by molar-refractivity contribution is 9.10. The van der Waals surface area contributed by atoms with Crippen molar-refractivity contribution in [1.29, 1.82) is 0 Å². The summed E-state index contributed by atoms with van der Waals surface area (Å²) in [7, 11) is 0. The summed E-state index contributed by atoms with van der Waals surface area (Å²) in [4.78, 5) is 14.0. The lowest BCUT2D eigenvalue weighted by molar-refractivity contribution is -0.122. The number of carbonyl (C=O) groups is 1. The molecule has 4 nitrogen and oxygen atoms in total. The zero-order valence-electron chi connectivity index (χ0n) is 11.2. The van der Waals surface area contributed by atoms with Gasteiger partial charge in [-0.3, -0.25) is 4.79 Å². The minimum Gasteiger partial charge on any atom is -0.394 e. The Morgan fingerprint density at radius 1 is 1.53 bits per heavy atom. The third-order valence-corrected chi connectivity index (χ3v) is 4.33. The van der Waals surface area contributed by atoms with E-state index in [4.69, 9.17) is 0 Å². The molecule has 1 heterocycles. The largest absolute Gasteiger partial charge is 0.394 e. The number of anilines is 1. The maximum atomic E-state index is 12.0. The van der Waals surface area contributed by atoms with Crippen molar-refractivity contribution in [3.63, 3.8) is 0 Å². The van der Waals surface area contributed by atoms with Crippen molar-refractivity contribution in [1.82, 2.24) is 5.32 Å². The number of nitrogens with zero attached hydrogens (tertiary/aromatic N) is 1. The molecule has 19 heavy (non-hydrogen) atoms. The Kier molecular flexibility index (Phi) is 4.47. The minimum absolute atomic E-state index is 0.108. The Balaban J connectivity index is 2.36. The molecule has 0 saturated carbocycles. The van der Waals surface area contributed by atoms with E-state index in [0.717, 1.165) is 22.3 Å². The number of hydrogen-bond acceptors (Lipinski definition) is 3. The van der Waals surface area contributed by atoms with Crippen molar-refractivity contribution in [2.24, 2.45) is 5.92 Å². The van der Waals surface area contributed by atoms with Gasteiger partial charge >= 0.3 is 0 Å². The summed E-state index contributed by atoms with van der Waals surface area (Å²) in [5.41, 5.74) is 2.11. The Morgan fingerprint density at radius 3 is 2.89 bits per heavy atom. The quantitative estimate of drug-likeness (QED) is 0.869. The van der Waals surface area contributed by atoms with Crippen LogP contribution in [0.25, 0.3) is 0 Å². The van der Waals surface area contributed by atoms with E-state index in [1.807, 2.05) is 30.0 Å². The molecule has 104 valence electrons. The lowest BCUT2D eigenvalue weighted by atomic mass is 10.1. The van der Waals surface area contributed by atoms with Crippen LogP contribution in [0.2, 0.25) is 0 Å². The van der Waals surface area contributed by atoms with Gasteiger partial charge < -0.3 is 15.3 Å². The van der Waals surface area contributed by atoms with Crippen molar-refractivity contribution in [3.8, 4) is 0 Å². The summed E-state index contributed by atoms with van der Waals surface area (Å²) in [5.74, 6) is 0.240. The second-order valence-corrected chi connectivity index (χ2v) is 5.99. The number of aliphatic hydroxyl groups is 1. The lowest BCUT2D eigenvalue weighted by Gasteiger charge is -2.30. The molecule has 0 aromatic heterocycles. The number of aliphatic hydroxyl groups excluding tert-OH is 1. The molecule has 2 N–H and O–H groups in total. The second kappa shape index (κ2) is 5.92. The fourth-order valence-electron chi connectivity index (χ4n) is 2.29. The molecule has 0 radical (unpaired) electrons. The summed E-state index contributed by atoms with van der Waals surface area (Å²) in [6.07, 6.45) is 0. The van der Waals surface area contributed by atoms with Gasteiger partial charge in [-0.15, -0.1) is 0 Å². The van der Waals surface area contributed by atoms with Gasteiger partial charge in [-0.25, -0.2) is 0 Å². The van der Waals surface area contributed by atoms with Gasteiger partial charge in [0, 0.05) is 23.2 Å². The third kappa shape index (κ3) is 3.09. The molecule has 0 aliphatic carbocycles. The number of amides is 1. The van der Waals surface area contributed by atoms with Crippen molar-refractivity contribution in [2.75, 3.05) is 24.6 Å². The molecule has 1 fully saturated rings. The highest BCUT2D eigenvalue weighted by atomic mass is 79.9. The number of halogens is 1. The van der Waals surface area contributed by atoms with Gasteiger partial charge in [0.25, 0.3) is 0 Å². The molecule has 1 aliphatic heterocycles. The molecule has 2 atom stereocenters. The van der Waals surface area contributed by atoms with Crippen molar-refractivity contribution in [3.05, 3.63) is 28.2 Å². The first-order valence-corrected chi connectivity index (χ1v) is 7.23. The van der Waals surface area contributed by atoms with Crippen LogP contribution < -0.4 is 10.2 Å². The molecular formula is C14H19BrN2O2. The summed E-state index contributed by atoms with van der Waals surface area (Å²) in [6.45, 7) is 5.34. The predicted molar refractivity (Wildman–Crippen MR) is 79.3 cm³/mol. The van der Waals surface area contributed by atoms with Crippen LogP contribution in [0.3, 0.4) is 0 Å². The monoisotopic (exact) mass is 326 g/mol. The molecule has 1 aliphatic rings. The van der Waals surface area contributed by atoms with E-state index in [2.05, 4.69) is 28.2 Å². The van der Waals surface area contributed by atoms with Gasteiger partial charge in [-0.2, -0.15) is 0 Å². The summed E-state index contributed by atoms with van der Waals surface area (Å²) < 4.78 is 1.01. The van der Waals surface area contributed by atoms with Gasteiger partial charge in [-0.1, -0.05) is 28.9 Å². The first-order valence-electron chi connectivity index (χ1n) is 6.44. The smallest absolute Gasteiger partial charge is 0.245 e. The maximum absolute atomic E-state index is 12.0. The van der Waals surface area contributed by atoms with Crippen molar-refractivity contribution >= 4 is 27.5 Å². The van der Waals surface area contributed by atoms with E-state index in [1.165, 1.54) is 0 Å². The molecule has 2 unspecified atom stereocenters. The van der Waals surface area contributed by atoms with Crippen molar-refractivity contribution in [2.45, 2.75) is 19.9 Å². The van der Waals surface area contributed by atoms with Crippen LogP contribution in [-0.2, 0) is 4.79 Å². The van der Waals surface area contributed by atoms with Crippen LogP contribution in [0.5, 0.6) is 0 Å². The number of nitrogens with one attached hydrogen (secondary N) is 1. The number of aryl methyl sites for hydroxylation is 1. The van der Waals surface area contributed by atoms with Crippen LogP contribution in [-0.4, -0.2) is 36.8 Å². The third-order valence-electron chi connectivity index (χ3n) is 3.47. The molecule has 1 saturated heterocycles. The maximum Gasteiger partial charge on any atom is 0.245 e. The highest BCUT2D eigenvalue weighted by Crippen LogP contribution is 2.26. The van der Waals surface area contributed by atoms with Crippen LogP contribution in [0, 0.1) is 12.8 Å². The molecule has 5 heteroatoms. The first kappa shape index (κ1) is 14.3. The van der Waals surface area contributed by atoms with E-state index in [0.29, 0.717) is 12.5 Å². The summed E-state index contributed by atoms with van der Waals surface area (Å²) in [5, 5.41) is 12.4. The molecule has 1 aromatic carbocycles. The molecule has 1 amide bonds. The Morgan fingerprint density at radius 2 is 2.26 bits per heavy atom. The number of hydrogen-bond donors (Lipinski definition) is 2. The van der Waals surface area contributed by atoms with E-state index in [9.17, 15) is 9.90 Å². The normalized spacial score (nSPS) is 24.0. The van der Waals surface area contributed by atoms with Gasteiger partial charge in [0.1, 0.15) is 6.04 Å². The van der Waals surface area contributed by atoms with Crippen molar-refractivity contribution < 1.29 is 9.90 Å². The zero-order valence-corrected chi connectivity index (χ0v) is 12.8. The van der Waals surface area contributed by atoms with Gasteiger partial charge in [0.2, 0.25) is 5.91 Å². The topological polar surface area (TPSA) is 52.6 Å². The Labute approximate surface area is 121 Å².